The molecule has 1 aromatic rings. The molecule has 0 spiro atoms. The molecule has 1 fully saturated rings. The maximum absolute atomic E-state index is 5.90. The number of halogens is 1. The fourth-order valence-electron chi connectivity index (χ4n) is 1.79. The lowest BCUT2D eigenvalue weighted by atomic mass is 10.3. The van der Waals surface area contributed by atoms with E-state index in [2.05, 4.69) is 26.8 Å². The van der Waals surface area contributed by atoms with Crippen molar-refractivity contribution in [1.29, 1.82) is 0 Å². The van der Waals surface area contributed by atoms with Crippen LogP contribution in [0.4, 0.5) is 11.9 Å². The van der Waals surface area contributed by atoms with Crippen LogP contribution in [-0.2, 0) is 0 Å². The van der Waals surface area contributed by atoms with Gasteiger partial charge in [0.25, 0.3) is 0 Å². The second-order valence-electron chi connectivity index (χ2n) is 4.95. The second-order valence-corrected chi connectivity index (χ2v) is 5.29. The molecular formula is C11H18ClN5. The number of aromatic nitrogens is 3. The highest BCUT2D eigenvalue weighted by Gasteiger charge is 2.33. The number of anilines is 2. The van der Waals surface area contributed by atoms with Crippen molar-refractivity contribution in [2.75, 3.05) is 37.5 Å². The van der Waals surface area contributed by atoms with Gasteiger partial charge in [0.1, 0.15) is 0 Å². The SMILES string of the molecule is CC1CC1CN(C)c1nc(Cl)nc(N(C)C)n1. The topological polar surface area (TPSA) is 45.2 Å². The van der Waals surface area contributed by atoms with Crippen LogP contribution < -0.4 is 9.80 Å². The molecule has 0 amide bonds. The Kier molecular flexibility index (Phi) is 3.38. The molecule has 5 nitrogen and oxygen atoms in total. The van der Waals surface area contributed by atoms with Crippen molar-refractivity contribution in [3.05, 3.63) is 5.28 Å². The Morgan fingerprint density at radius 2 is 1.76 bits per heavy atom. The molecule has 17 heavy (non-hydrogen) atoms. The van der Waals surface area contributed by atoms with E-state index in [-0.39, 0.29) is 5.28 Å². The number of hydrogen-bond acceptors (Lipinski definition) is 5. The zero-order valence-corrected chi connectivity index (χ0v) is 11.4. The monoisotopic (exact) mass is 255 g/mol. The molecule has 1 aromatic heterocycles. The van der Waals surface area contributed by atoms with Crippen molar-refractivity contribution < 1.29 is 0 Å². The van der Waals surface area contributed by atoms with E-state index in [1.165, 1.54) is 6.42 Å². The van der Waals surface area contributed by atoms with E-state index >= 15 is 0 Å². The Balaban J connectivity index is 2.13. The van der Waals surface area contributed by atoms with Crippen LogP contribution in [0.3, 0.4) is 0 Å². The lowest BCUT2D eigenvalue weighted by Gasteiger charge is -2.18. The van der Waals surface area contributed by atoms with Crippen LogP contribution in [-0.4, -0.2) is 42.6 Å². The highest BCUT2D eigenvalue weighted by molar-refractivity contribution is 6.28. The highest BCUT2D eigenvalue weighted by Crippen LogP contribution is 2.38. The van der Waals surface area contributed by atoms with Gasteiger partial charge in [0.15, 0.2) is 0 Å². The molecule has 2 rings (SSSR count). The van der Waals surface area contributed by atoms with Gasteiger partial charge in [0.2, 0.25) is 17.2 Å². The van der Waals surface area contributed by atoms with Crippen LogP contribution in [0, 0.1) is 11.8 Å². The third kappa shape index (κ3) is 2.97. The van der Waals surface area contributed by atoms with E-state index < -0.39 is 0 Å². The predicted octanol–water partition coefficient (Wildman–Crippen LogP) is 1.68. The minimum atomic E-state index is 0.245. The standard InChI is InChI=1S/C11H18ClN5/c1-7-5-8(7)6-17(4)11-14-9(12)13-10(15-11)16(2)3/h7-8H,5-6H2,1-4H3. The molecule has 0 aromatic carbocycles. The summed E-state index contributed by atoms with van der Waals surface area (Å²) in [5.74, 6) is 2.82. The van der Waals surface area contributed by atoms with Crippen molar-refractivity contribution in [1.82, 2.24) is 15.0 Å². The van der Waals surface area contributed by atoms with E-state index in [9.17, 15) is 0 Å². The van der Waals surface area contributed by atoms with Gasteiger partial charge >= 0.3 is 0 Å². The molecule has 2 atom stereocenters. The van der Waals surface area contributed by atoms with Gasteiger partial charge < -0.3 is 9.80 Å². The summed E-state index contributed by atoms with van der Waals surface area (Å²) < 4.78 is 0. The number of rotatable bonds is 4. The third-order valence-corrected chi connectivity index (χ3v) is 3.28. The van der Waals surface area contributed by atoms with Crippen molar-refractivity contribution in [3.8, 4) is 0 Å². The summed E-state index contributed by atoms with van der Waals surface area (Å²) in [5.41, 5.74) is 0. The van der Waals surface area contributed by atoms with Crippen molar-refractivity contribution in [3.63, 3.8) is 0 Å². The predicted molar refractivity (Wildman–Crippen MR) is 69.7 cm³/mol. The number of hydrogen-bond donors (Lipinski definition) is 0. The summed E-state index contributed by atoms with van der Waals surface area (Å²) in [6.07, 6.45) is 1.30. The van der Waals surface area contributed by atoms with E-state index in [1.54, 1.807) is 0 Å². The molecule has 2 unspecified atom stereocenters. The minimum Gasteiger partial charge on any atom is -0.347 e. The average Bonchev–Trinajstić information content (AvgIpc) is 2.93. The Hall–Kier alpha value is -1.10. The minimum absolute atomic E-state index is 0.245. The Morgan fingerprint density at radius 3 is 2.29 bits per heavy atom. The molecule has 6 heteroatoms. The second kappa shape index (κ2) is 4.64. The normalized spacial score (nSPS) is 22.4. The molecule has 1 aliphatic rings. The summed E-state index contributed by atoms with van der Waals surface area (Å²) in [6, 6.07) is 0. The van der Waals surface area contributed by atoms with Crippen molar-refractivity contribution in [2.24, 2.45) is 11.8 Å². The van der Waals surface area contributed by atoms with Crippen LogP contribution in [0.2, 0.25) is 5.28 Å². The maximum Gasteiger partial charge on any atom is 0.231 e. The van der Waals surface area contributed by atoms with Crippen molar-refractivity contribution >= 4 is 23.5 Å². The summed E-state index contributed by atoms with van der Waals surface area (Å²) in [6.45, 7) is 3.25. The fraction of sp³-hybridized carbons (Fsp3) is 0.727. The zero-order valence-electron chi connectivity index (χ0n) is 10.7. The van der Waals surface area contributed by atoms with E-state index in [1.807, 2.05) is 26.0 Å². The average molecular weight is 256 g/mol. The molecule has 0 aliphatic heterocycles. The molecule has 0 N–H and O–H groups in total. The van der Waals surface area contributed by atoms with Crippen LogP contribution in [0.5, 0.6) is 0 Å². The van der Waals surface area contributed by atoms with Crippen LogP contribution in [0.15, 0.2) is 0 Å². The van der Waals surface area contributed by atoms with Crippen molar-refractivity contribution in [2.45, 2.75) is 13.3 Å². The van der Waals surface area contributed by atoms with Gasteiger partial charge in [0, 0.05) is 27.7 Å². The summed E-state index contributed by atoms with van der Waals surface area (Å²) in [7, 11) is 5.77. The van der Waals surface area contributed by atoms with Gasteiger partial charge in [-0.25, -0.2) is 0 Å². The van der Waals surface area contributed by atoms with Gasteiger partial charge in [-0.1, -0.05) is 6.92 Å². The van der Waals surface area contributed by atoms with Gasteiger partial charge in [0.05, 0.1) is 0 Å². The van der Waals surface area contributed by atoms with Gasteiger partial charge in [-0.3, -0.25) is 0 Å². The molecule has 0 bridgehead atoms. The third-order valence-electron chi connectivity index (χ3n) is 3.11. The van der Waals surface area contributed by atoms with E-state index in [0.717, 1.165) is 18.4 Å². The van der Waals surface area contributed by atoms with Gasteiger partial charge in [-0.15, -0.1) is 0 Å². The summed E-state index contributed by atoms with van der Waals surface area (Å²) in [4.78, 5) is 16.5. The summed E-state index contributed by atoms with van der Waals surface area (Å²) >= 11 is 5.90. The van der Waals surface area contributed by atoms with Crippen LogP contribution in [0.25, 0.3) is 0 Å². The van der Waals surface area contributed by atoms with Crippen LogP contribution in [0.1, 0.15) is 13.3 Å². The van der Waals surface area contributed by atoms with E-state index in [4.69, 9.17) is 11.6 Å². The molecule has 0 saturated heterocycles. The maximum atomic E-state index is 5.90. The molecule has 1 heterocycles. The molecule has 1 aliphatic carbocycles. The molecule has 1 saturated carbocycles. The first-order valence-corrected chi connectivity index (χ1v) is 6.15. The number of nitrogens with zero attached hydrogens (tertiary/aromatic N) is 5. The molecular weight excluding hydrogens is 238 g/mol. The highest BCUT2D eigenvalue weighted by atomic mass is 35.5. The Labute approximate surface area is 107 Å². The largest absolute Gasteiger partial charge is 0.347 e. The van der Waals surface area contributed by atoms with Gasteiger partial charge in [-0.05, 0) is 29.9 Å². The Morgan fingerprint density at radius 1 is 1.18 bits per heavy atom. The quantitative estimate of drug-likeness (QED) is 0.819. The first-order valence-electron chi connectivity index (χ1n) is 5.77. The lowest BCUT2D eigenvalue weighted by molar-refractivity contribution is 0.709. The smallest absolute Gasteiger partial charge is 0.231 e. The fourth-order valence-corrected chi connectivity index (χ4v) is 1.94. The molecule has 0 radical (unpaired) electrons. The van der Waals surface area contributed by atoms with Crippen LogP contribution >= 0.6 is 11.6 Å². The first-order chi connectivity index (χ1) is 7.97. The summed E-state index contributed by atoms with van der Waals surface area (Å²) in [5, 5.41) is 0.245. The molecule has 94 valence electrons. The Bertz CT molecular complexity index is 409. The van der Waals surface area contributed by atoms with Gasteiger partial charge in [-0.2, -0.15) is 15.0 Å². The van der Waals surface area contributed by atoms with E-state index in [0.29, 0.717) is 11.9 Å². The lowest BCUT2D eigenvalue weighted by Crippen LogP contribution is -2.24. The zero-order chi connectivity index (χ0) is 12.6. The first kappa shape index (κ1) is 12.4.